The molecule has 0 amide bonds. The average Bonchev–Trinajstić information content (AvgIpc) is 2.40. The van der Waals surface area contributed by atoms with Gasteiger partial charge in [-0.3, -0.25) is 0 Å². The van der Waals surface area contributed by atoms with Crippen LogP contribution in [0.15, 0.2) is 18.2 Å². The maximum Gasteiger partial charge on any atom is 0.122 e. The van der Waals surface area contributed by atoms with Crippen molar-refractivity contribution in [2.24, 2.45) is 5.92 Å². The third kappa shape index (κ3) is 6.60. The lowest BCUT2D eigenvalue weighted by Gasteiger charge is -2.10. The molecule has 1 N–H and O–H groups in total. The van der Waals surface area contributed by atoms with E-state index in [2.05, 4.69) is 25.7 Å². The number of rotatable bonds is 7. The fourth-order valence-electron chi connectivity index (χ4n) is 1.64. The Morgan fingerprint density at radius 2 is 2.05 bits per heavy atom. The Hall–Kier alpha value is -1.50. The zero-order chi connectivity index (χ0) is 14.8. The molecule has 0 saturated heterocycles. The third-order valence-corrected chi connectivity index (χ3v) is 2.58. The van der Waals surface area contributed by atoms with E-state index >= 15 is 0 Å². The second-order valence-corrected chi connectivity index (χ2v) is 5.07. The summed E-state index contributed by atoms with van der Waals surface area (Å²) in [5, 5.41) is 8.68. The van der Waals surface area contributed by atoms with E-state index in [1.165, 1.54) is 0 Å². The van der Waals surface area contributed by atoms with E-state index in [1.54, 1.807) is 0 Å². The van der Waals surface area contributed by atoms with Crippen molar-refractivity contribution in [1.82, 2.24) is 0 Å². The van der Waals surface area contributed by atoms with Gasteiger partial charge in [0.15, 0.2) is 0 Å². The Morgan fingerprint density at radius 1 is 1.25 bits per heavy atom. The summed E-state index contributed by atoms with van der Waals surface area (Å²) in [6.45, 7) is 8.29. The second-order valence-electron chi connectivity index (χ2n) is 5.07. The van der Waals surface area contributed by atoms with Gasteiger partial charge in [-0.05, 0) is 36.6 Å². The van der Waals surface area contributed by atoms with Gasteiger partial charge in [0.1, 0.15) is 12.4 Å². The summed E-state index contributed by atoms with van der Waals surface area (Å²) in [6, 6.07) is 5.86. The minimum atomic E-state index is 0.101. The van der Waals surface area contributed by atoms with Crippen molar-refractivity contribution in [3.63, 3.8) is 0 Å². The smallest absolute Gasteiger partial charge is 0.122 e. The lowest BCUT2D eigenvalue weighted by Crippen LogP contribution is -2.10. The number of ether oxygens (including phenoxy) is 2. The van der Waals surface area contributed by atoms with Crippen molar-refractivity contribution in [1.29, 1.82) is 0 Å². The monoisotopic (exact) mass is 276 g/mol. The maximum absolute atomic E-state index is 8.68. The SMILES string of the molecule is Cc1cc(C#CCCO)ccc1OCCOCC(C)C. The molecule has 0 atom stereocenters. The fraction of sp³-hybridized carbons (Fsp3) is 0.529. The molecule has 0 unspecified atom stereocenters. The molecule has 0 aromatic heterocycles. The lowest BCUT2D eigenvalue weighted by atomic mass is 10.1. The summed E-state index contributed by atoms with van der Waals surface area (Å²) in [7, 11) is 0. The maximum atomic E-state index is 8.68. The van der Waals surface area contributed by atoms with Crippen LogP contribution in [-0.2, 0) is 4.74 Å². The first kappa shape index (κ1) is 16.6. The van der Waals surface area contributed by atoms with Crippen molar-refractivity contribution >= 4 is 0 Å². The fourth-order valence-corrected chi connectivity index (χ4v) is 1.64. The molecule has 1 aromatic carbocycles. The Labute approximate surface area is 121 Å². The second kappa shape index (κ2) is 9.41. The molecule has 1 aromatic rings. The molecule has 110 valence electrons. The molecule has 0 aliphatic rings. The summed E-state index contributed by atoms with van der Waals surface area (Å²) in [6.07, 6.45) is 0.504. The number of hydrogen-bond acceptors (Lipinski definition) is 3. The highest BCUT2D eigenvalue weighted by atomic mass is 16.5. The number of benzene rings is 1. The standard InChI is InChI=1S/C17H24O3/c1-14(2)13-19-10-11-20-17-8-7-16(12-15(17)3)6-4-5-9-18/h7-8,12,14,18H,5,9-11,13H2,1-3H3. The molecule has 0 aliphatic heterocycles. The Kier molecular flexibility index (Phi) is 7.79. The molecule has 3 nitrogen and oxygen atoms in total. The van der Waals surface area contributed by atoms with Crippen molar-refractivity contribution in [2.45, 2.75) is 27.2 Å². The van der Waals surface area contributed by atoms with Gasteiger partial charge in [-0.25, -0.2) is 0 Å². The first-order valence-electron chi connectivity index (χ1n) is 7.04. The topological polar surface area (TPSA) is 38.7 Å². The molecule has 0 saturated carbocycles. The van der Waals surface area contributed by atoms with Crippen LogP contribution in [0, 0.1) is 24.7 Å². The first-order chi connectivity index (χ1) is 9.63. The summed E-state index contributed by atoms with van der Waals surface area (Å²) < 4.78 is 11.2. The summed E-state index contributed by atoms with van der Waals surface area (Å²) in [5.74, 6) is 7.34. The minimum absolute atomic E-state index is 0.101. The minimum Gasteiger partial charge on any atom is -0.491 e. The van der Waals surface area contributed by atoms with Crippen LogP contribution in [0.3, 0.4) is 0 Å². The van der Waals surface area contributed by atoms with Crippen molar-refractivity contribution in [2.75, 3.05) is 26.4 Å². The van der Waals surface area contributed by atoms with Crippen LogP contribution in [0.1, 0.15) is 31.4 Å². The van der Waals surface area contributed by atoms with Crippen LogP contribution in [0.5, 0.6) is 5.75 Å². The number of aliphatic hydroxyl groups excluding tert-OH is 1. The first-order valence-corrected chi connectivity index (χ1v) is 7.04. The van der Waals surface area contributed by atoms with Gasteiger partial charge in [0, 0.05) is 18.6 Å². The van der Waals surface area contributed by atoms with Gasteiger partial charge < -0.3 is 14.6 Å². The van der Waals surface area contributed by atoms with Gasteiger partial charge in [-0.2, -0.15) is 0 Å². The Morgan fingerprint density at radius 3 is 2.70 bits per heavy atom. The van der Waals surface area contributed by atoms with Crippen molar-refractivity contribution in [3.05, 3.63) is 29.3 Å². The van der Waals surface area contributed by atoms with E-state index in [0.717, 1.165) is 23.5 Å². The molecule has 0 heterocycles. The summed E-state index contributed by atoms with van der Waals surface area (Å²) in [5.41, 5.74) is 2.00. The van der Waals surface area contributed by atoms with Gasteiger partial charge in [-0.15, -0.1) is 0 Å². The molecule has 1 rings (SSSR count). The predicted molar refractivity (Wildman–Crippen MR) is 80.9 cm³/mol. The molecule has 0 radical (unpaired) electrons. The molecule has 0 spiro atoms. The molecular formula is C17H24O3. The van der Waals surface area contributed by atoms with Gasteiger partial charge in [-0.1, -0.05) is 25.7 Å². The van der Waals surface area contributed by atoms with Gasteiger partial charge in [0.2, 0.25) is 0 Å². The largest absolute Gasteiger partial charge is 0.491 e. The zero-order valence-corrected chi connectivity index (χ0v) is 12.6. The molecule has 0 fully saturated rings. The highest BCUT2D eigenvalue weighted by molar-refractivity contribution is 5.43. The Bertz CT molecular complexity index is 455. The lowest BCUT2D eigenvalue weighted by molar-refractivity contribution is 0.0817. The normalized spacial score (nSPS) is 10.2. The van der Waals surface area contributed by atoms with E-state index in [4.69, 9.17) is 14.6 Å². The van der Waals surface area contributed by atoms with E-state index in [0.29, 0.717) is 25.6 Å². The highest BCUT2D eigenvalue weighted by Crippen LogP contribution is 2.18. The summed E-state index contributed by atoms with van der Waals surface area (Å²) >= 11 is 0. The quantitative estimate of drug-likeness (QED) is 0.615. The van der Waals surface area contributed by atoms with Crippen molar-refractivity contribution < 1.29 is 14.6 Å². The zero-order valence-electron chi connectivity index (χ0n) is 12.6. The van der Waals surface area contributed by atoms with Crippen LogP contribution in [0.2, 0.25) is 0 Å². The molecule has 0 aliphatic carbocycles. The van der Waals surface area contributed by atoms with Gasteiger partial charge in [0.05, 0.1) is 13.2 Å². The predicted octanol–water partition coefficient (Wildman–Crippen LogP) is 2.78. The van der Waals surface area contributed by atoms with E-state index in [9.17, 15) is 0 Å². The van der Waals surface area contributed by atoms with Crippen LogP contribution in [0.4, 0.5) is 0 Å². The highest BCUT2D eigenvalue weighted by Gasteiger charge is 2.00. The number of hydrogen-bond donors (Lipinski definition) is 1. The Balaban J connectivity index is 2.42. The van der Waals surface area contributed by atoms with Crippen LogP contribution < -0.4 is 4.74 Å². The molecule has 0 bridgehead atoms. The summed E-state index contributed by atoms with van der Waals surface area (Å²) in [4.78, 5) is 0. The third-order valence-electron chi connectivity index (χ3n) is 2.58. The van der Waals surface area contributed by atoms with E-state index in [-0.39, 0.29) is 6.61 Å². The van der Waals surface area contributed by atoms with Gasteiger partial charge >= 0.3 is 0 Å². The van der Waals surface area contributed by atoms with E-state index < -0.39 is 0 Å². The van der Waals surface area contributed by atoms with Crippen LogP contribution in [0.25, 0.3) is 0 Å². The molecule has 20 heavy (non-hydrogen) atoms. The molecular weight excluding hydrogens is 252 g/mol. The van der Waals surface area contributed by atoms with E-state index in [1.807, 2.05) is 25.1 Å². The van der Waals surface area contributed by atoms with Crippen LogP contribution >= 0.6 is 0 Å². The molecule has 3 heteroatoms. The number of aryl methyl sites for hydroxylation is 1. The van der Waals surface area contributed by atoms with Crippen LogP contribution in [-0.4, -0.2) is 31.5 Å². The van der Waals surface area contributed by atoms with Gasteiger partial charge in [0.25, 0.3) is 0 Å². The average molecular weight is 276 g/mol. The number of aliphatic hydroxyl groups is 1. The van der Waals surface area contributed by atoms with Crippen molar-refractivity contribution in [3.8, 4) is 17.6 Å².